The van der Waals surface area contributed by atoms with Crippen LogP contribution in [0.4, 0.5) is 4.79 Å². The molecule has 2 saturated heterocycles. The molecule has 4 fully saturated rings. The van der Waals surface area contributed by atoms with E-state index in [4.69, 9.17) is 33.2 Å². The van der Waals surface area contributed by atoms with Crippen molar-refractivity contribution in [3.05, 3.63) is 151 Å². The van der Waals surface area contributed by atoms with Crippen molar-refractivity contribution in [2.45, 2.75) is 172 Å². The van der Waals surface area contributed by atoms with Crippen molar-refractivity contribution in [3.8, 4) is 0 Å². The van der Waals surface area contributed by atoms with E-state index < -0.39 is 162 Å². The van der Waals surface area contributed by atoms with E-state index in [1.54, 1.807) is 85.8 Å². The Bertz CT molecular complexity index is 3440. The van der Waals surface area contributed by atoms with E-state index in [1.165, 1.54) is 50.6 Å². The topological polar surface area (TPSA) is 333 Å². The van der Waals surface area contributed by atoms with Crippen molar-refractivity contribution in [3.63, 3.8) is 0 Å². The van der Waals surface area contributed by atoms with Crippen LogP contribution in [0.25, 0.3) is 0 Å². The summed E-state index contributed by atoms with van der Waals surface area (Å²) in [7, 11) is 0. The van der Waals surface area contributed by atoms with Gasteiger partial charge >= 0.3 is 35.7 Å². The number of fused-ring (bicyclic) bond motifs is 5. The van der Waals surface area contributed by atoms with Crippen molar-refractivity contribution >= 4 is 41.7 Å². The molecule has 6 N–H and O–H groups in total. The second-order valence-electron chi connectivity index (χ2n) is 24.1. The Labute approximate surface area is 507 Å². The number of alkyl carbamates (subject to hydrolysis) is 1. The standard InChI is InChI=1S/C64H76N4O20/c1-35-32-68(47-29-42(72)44(33-69)84-47)60(80)67(56(35)76)28-20-9-8-19-27-65-59(79)86-45-30-46-63(34-82-46,88-38(4)71)52-54(87-57(77)41-25-17-12-18-26-41)64(81)31-43(36(2)48(61(64,5)6)51(83-37(3)70)53(74)62(45,52)7)85-58(78)50(73)49(39-21-13-10-14-22-39)66-55(75)40-23-15-11-16-24-40/h10-18,21-26,32,42-47,49-52,54,69,72-73,81H,8-9,19-20,27-31,33-34H2,1-7H3,(H,65,79)(H,66,75)/t42-,43+,44+,45+,46?,47?,49?,50-,51-,52+,54+,62?,63+,64-/m1/s1. The molecular weight excluding hydrogens is 1140 g/mol. The Morgan fingerprint density at radius 2 is 1.43 bits per heavy atom. The number of hydrogen-bond donors (Lipinski definition) is 6. The van der Waals surface area contributed by atoms with Crippen molar-refractivity contribution in [1.29, 1.82) is 0 Å². The maximum Gasteiger partial charge on any atom is 0.407 e. The minimum absolute atomic E-state index is 0.00183. The first kappa shape index (κ1) is 64.6. The van der Waals surface area contributed by atoms with Crippen LogP contribution in [0.5, 0.6) is 0 Å². The largest absolute Gasteiger partial charge is 0.456 e. The van der Waals surface area contributed by atoms with Gasteiger partial charge in [-0.2, -0.15) is 0 Å². The molecule has 5 aliphatic rings. The van der Waals surface area contributed by atoms with Crippen LogP contribution in [-0.2, 0) is 58.9 Å². The molecule has 3 aromatic carbocycles. The van der Waals surface area contributed by atoms with Crippen molar-refractivity contribution in [2.75, 3.05) is 19.8 Å². The Morgan fingerprint density at radius 1 is 0.795 bits per heavy atom. The third kappa shape index (κ3) is 12.2. The van der Waals surface area contributed by atoms with Gasteiger partial charge in [0, 0.05) is 68.9 Å². The number of carbonyl (C=O) groups excluding carboxylic acids is 7. The van der Waals surface area contributed by atoms with E-state index >= 15 is 4.79 Å². The number of aliphatic hydroxyl groups is 4. The van der Waals surface area contributed by atoms with Crippen LogP contribution in [0.2, 0.25) is 0 Å². The molecule has 4 aromatic rings. The monoisotopic (exact) mass is 1220 g/mol. The van der Waals surface area contributed by atoms with Crippen LogP contribution >= 0.6 is 0 Å². The normalized spacial score (nSPS) is 29.3. The molecule has 2 saturated carbocycles. The molecule has 3 heterocycles. The summed E-state index contributed by atoms with van der Waals surface area (Å²) >= 11 is 0. The molecule has 24 nitrogen and oxygen atoms in total. The maximum absolute atomic E-state index is 16.4. The number of aliphatic hydroxyl groups excluding tert-OH is 3. The number of aryl methyl sites for hydroxylation is 1. The molecule has 24 heteroatoms. The first-order valence-electron chi connectivity index (χ1n) is 29.5. The molecule has 3 aliphatic carbocycles. The highest BCUT2D eigenvalue weighted by molar-refractivity contribution is 5.96. The average molecular weight is 1220 g/mol. The second kappa shape index (κ2) is 26.1. The van der Waals surface area contributed by atoms with Crippen LogP contribution < -0.4 is 21.9 Å². The summed E-state index contributed by atoms with van der Waals surface area (Å²) in [6.45, 7) is 8.91. The highest BCUT2D eigenvalue weighted by atomic mass is 16.6. The number of rotatable bonds is 20. The maximum atomic E-state index is 16.4. The lowest BCUT2D eigenvalue weighted by Gasteiger charge is -2.67. The van der Waals surface area contributed by atoms with Crippen LogP contribution in [0.3, 0.4) is 0 Å². The molecule has 2 bridgehead atoms. The molecule has 4 unspecified atom stereocenters. The smallest absolute Gasteiger partial charge is 0.407 e. The Morgan fingerprint density at radius 3 is 2.03 bits per heavy atom. The number of amides is 2. The van der Waals surface area contributed by atoms with Gasteiger partial charge in [0.15, 0.2) is 23.6 Å². The molecule has 88 heavy (non-hydrogen) atoms. The number of nitrogens with zero attached hydrogens (tertiary/aromatic N) is 2. The molecule has 9 rings (SSSR count). The highest BCUT2D eigenvalue weighted by Crippen LogP contribution is 2.65. The van der Waals surface area contributed by atoms with Gasteiger partial charge in [-0.3, -0.25) is 33.1 Å². The molecule has 2 amide bonds. The number of benzene rings is 3. The van der Waals surface area contributed by atoms with Gasteiger partial charge in [0.2, 0.25) is 0 Å². The number of esters is 4. The van der Waals surface area contributed by atoms with Crippen LogP contribution in [0.1, 0.15) is 131 Å². The zero-order valence-electron chi connectivity index (χ0n) is 50.1. The lowest BCUT2D eigenvalue weighted by molar-refractivity contribution is -0.345. The first-order chi connectivity index (χ1) is 41.8. The number of unbranched alkanes of at least 4 members (excludes halogenated alkanes) is 3. The summed E-state index contributed by atoms with van der Waals surface area (Å²) < 4.78 is 45.5. The van der Waals surface area contributed by atoms with Crippen molar-refractivity contribution in [1.82, 2.24) is 19.8 Å². The summed E-state index contributed by atoms with van der Waals surface area (Å²) in [5, 5.41) is 51.5. The van der Waals surface area contributed by atoms with Gasteiger partial charge < -0.3 is 64.2 Å². The number of hydrogen-bond acceptors (Lipinski definition) is 20. The predicted octanol–water partition coefficient (Wildman–Crippen LogP) is 4.00. The summed E-state index contributed by atoms with van der Waals surface area (Å²) in [5.41, 5.74) is -8.77. The summed E-state index contributed by atoms with van der Waals surface area (Å²) in [5.74, 6) is -7.40. The predicted molar refractivity (Wildman–Crippen MR) is 310 cm³/mol. The fraction of sp³-hybridized carbons (Fsp3) is 0.516. The first-order valence-corrected chi connectivity index (χ1v) is 29.5. The Balaban J connectivity index is 1.03. The lowest BCUT2D eigenvalue weighted by atomic mass is 9.44. The number of carbonyl (C=O) groups is 7. The van der Waals surface area contributed by atoms with E-state index in [9.17, 15) is 58.8 Å². The fourth-order valence-corrected chi connectivity index (χ4v) is 13.7. The molecular formula is C64H76N4O20. The van der Waals surface area contributed by atoms with E-state index in [2.05, 4.69) is 10.6 Å². The number of Topliss-reactive ketones (excluding diaryl/α,β-unsaturated/α-hetero) is 1. The number of ether oxygens (including phenoxy) is 7. The summed E-state index contributed by atoms with van der Waals surface area (Å²) in [6, 6.07) is 22.5. The zero-order valence-corrected chi connectivity index (χ0v) is 50.1. The van der Waals surface area contributed by atoms with Gasteiger partial charge in [0.1, 0.15) is 42.3 Å². The van der Waals surface area contributed by atoms with Gasteiger partial charge in [-0.1, -0.05) is 93.4 Å². The molecule has 472 valence electrons. The molecule has 0 spiro atoms. The van der Waals surface area contributed by atoms with E-state index in [0.717, 1.165) is 18.4 Å². The second-order valence-corrected chi connectivity index (χ2v) is 24.1. The molecule has 2 aliphatic heterocycles. The fourth-order valence-electron chi connectivity index (χ4n) is 13.7. The van der Waals surface area contributed by atoms with Gasteiger partial charge in [0.05, 0.1) is 42.3 Å². The van der Waals surface area contributed by atoms with Crippen LogP contribution in [0.15, 0.2) is 118 Å². The van der Waals surface area contributed by atoms with E-state index in [-0.39, 0.29) is 53.8 Å². The Hall–Kier alpha value is -7.87. The number of ketones is 1. The summed E-state index contributed by atoms with van der Waals surface area (Å²) in [4.78, 5) is 127. The van der Waals surface area contributed by atoms with Crippen molar-refractivity contribution in [2.24, 2.45) is 16.7 Å². The summed E-state index contributed by atoms with van der Waals surface area (Å²) in [6.07, 6.45) is -11.9. The number of nitrogens with one attached hydrogen (secondary N) is 2. The van der Waals surface area contributed by atoms with Crippen LogP contribution in [-0.4, -0.2) is 151 Å². The van der Waals surface area contributed by atoms with Gasteiger partial charge in [-0.05, 0) is 74.6 Å². The lowest BCUT2D eigenvalue weighted by Crippen LogP contribution is -2.82. The zero-order chi connectivity index (χ0) is 63.6. The quantitative estimate of drug-likeness (QED) is 0.0315. The molecule has 0 radical (unpaired) electrons. The van der Waals surface area contributed by atoms with E-state index in [0.29, 0.717) is 31.2 Å². The number of aromatic nitrogens is 2. The molecule has 1 aromatic heterocycles. The van der Waals surface area contributed by atoms with E-state index in [1.807, 2.05) is 0 Å². The minimum atomic E-state index is -2.54. The average Bonchev–Trinajstić information content (AvgIpc) is 0.708. The van der Waals surface area contributed by atoms with Gasteiger partial charge in [-0.25, -0.2) is 19.2 Å². The van der Waals surface area contributed by atoms with Gasteiger partial charge in [0.25, 0.3) is 11.5 Å². The highest BCUT2D eigenvalue weighted by Gasteiger charge is 2.79. The SMILES string of the molecule is CC(=O)O[C@H]1C(=O)C2(C)[C@@H](OC(=O)NCCCCCCn3c(=O)c(C)cn(C4C[C@@H](O)[C@H](CO)O4)c3=O)CC3OC[C@@]3(OC(C)=O)[C@H]2[C@H](OC(=O)c2ccccc2)[C@]2(O)C[C@H](OC(=O)[C@H](O)C(NC(=O)c3ccccc3)c3ccccc3)C(C)=C1C2(C)C. The third-order valence-corrected chi connectivity index (χ3v) is 18.3. The third-order valence-electron chi connectivity index (χ3n) is 18.3. The van der Waals surface area contributed by atoms with Gasteiger partial charge in [-0.15, -0.1) is 0 Å². The molecule has 14 atom stereocenters. The van der Waals surface area contributed by atoms with Crippen LogP contribution in [0, 0.1) is 23.7 Å². The van der Waals surface area contributed by atoms with Crippen molar-refractivity contribution < 1.29 is 87.1 Å². The Kier molecular flexibility index (Phi) is 19.1. The minimum Gasteiger partial charge on any atom is -0.456 e.